The highest BCUT2D eigenvalue weighted by atomic mass is 16.3. The molecule has 130 valence electrons. The average molecular weight is 329 g/mol. The van der Waals surface area contributed by atoms with Crippen molar-refractivity contribution in [1.29, 1.82) is 0 Å². The molecule has 2 aliphatic rings. The molecule has 1 aromatic rings. The molecule has 0 heterocycles. The van der Waals surface area contributed by atoms with Crippen LogP contribution in [0.1, 0.15) is 37.7 Å². The van der Waals surface area contributed by atoms with E-state index in [9.17, 15) is 4.79 Å². The fourth-order valence-electron chi connectivity index (χ4n) is 3.77. The van der Waals surface area contributed by atoms with Crippen molar-refractivity contribution in [3.63, 3.8) is 0 Å². The lowest BCUT2D eigenvalue weighted by molar-refractivity contribution is -0.127. The number of fused-ring (bicyclic) bond motifs is 2. The Kier molecular flexibility index (Phi) is 7.04. The first-order valence-corrected chi connectivity index (χ1v) is 8.73. The molecule has 2 unspecified atom stereocenters. The summed E-state index contributed by atoms with van der Waals surface area (Å²) in [6, 6.07) is 10.4. The van der Waals surface area contributed by atoms with Gasteiger partial charge in [0.1, 0.15) is 0 Å². The third kappa shape index (κ3) is 4.95. The van der Waals surface area contributed by atoms with E-state index >= 15 is 0 Å². The topological polar surface area (TPSA) is 57.6 Å². The van der Waals surface area contributed by atoms with E-state index in [4.69, 9.17) is 9.90 Å². The van der Waals surface area contributed by atoms with E-state index < -0.39 is 0 Å². The largest absolute Gasteiger partial charge is 0.483 e. The summed E-state index contributed by atoms with van der Waals surface area (Å²) in [5.74, 6) is 1.63. The molecule has 1 saturated carbocycles. The first-order chi connectivity index (χ1) is 11.7. The van der Waals surface area contributed by atoms with E-state index in [1.165, 1.54) is 31.2 Å². The number of hydrogen-bond donors (Lipinski definition) is 1. The molecule has 0 aliphatic heterocycles. The van der Waals surface area contributed by atoms with E-state index in [1.807, 2.05) is 18.0 Å². The summed E-state index contributed by atoms with van der Waals surface area (Å²) >= 11 is 0. The van der Waals surface area contributed by atoms with Crippen molar-refractivity contribution in [1.82, 2.24) is 4.90 Å². The highest BCUT2D eigenvalue weighted by molar-refractivity contribution is 5.94. The molecule has 1 fully saturated rings. The molecule has 0 aromatic heterocycles. The van der Waals surface area contributed by atoms with Crippen LogP contribution in [-0.4, -0.2) is 36.0 Å². The molecule has 4 heteroatoms. The van der Waals surface area contributed by atoms with Crippen LogP contribution < -0.4 is 0 Å². The highest BCUT2D eigenvalue weighted by Crippen LogP contribution is 2.40. The summed E-state index contributed by atoms with van der Waals surface area (Å²) in [5.41, 5.74) is 2.40. The minimum absolute atomic E-state index is 0.250. The molecular formula is C20H27NO3. The second kappa shape index (κ2) is 9.26. The van der Waals surface area contributed by atoms with Gasteiger partial charge in [0.15, 0.2) is 0 Å². The zero-order valence-electron chi connectivity index (χ0n) is 14.4. The highest BCUT2D eigenvalue weighted by Gasteiger charge is 2.32. The number of carbonyl (C=O) groups is 2. The van der Waals surface area contributed by atoms with Crippen LogP contribution in [0, 0.1) is 11.8 Å². The smallest absolute Gasteiger partial charge is 0.290 e. The van der Waals surface area contributed by atoms with Gasteiger partial charge in [-0.1, -0.05) is 49.2 Å². The molecule has 0 saturated heterocycles. The predicted molar refractivity (Wildman–Crippen MR) is 94.6 cm³/mol. The maximum atomic E-state index is 12.7. The zero-order chi connectivity index (χ0) is 17.4. The van der Waals surface area contributed by atoms with Crippen LogP contribution in [0.4, 0.5) is 0 Å². The maximum absolute atomic E-state index is 12.7. The normalized spacial score (nSPS) is 21.8. The summed E-state index contributed by atoms with van der Waals surface area (Å²) < 4.78 is 0. The Labute approximate surface area is 144 Å². The lowest BCUT2D eigenvalue weighted by Crippen LogP contribution is -2.35. The van der Waals surface area contributed by atoms with E-state index in [-0.39, 0.29) is 12.4 Å². The van der Waals surface area contributed by atoms with Crippen LogP contribution in [0.5, 0.6) is 0 Å². The Balaban J connectivity index is 0.000000647. The van der Waals surface area contributed by atoms with Gasteiger partial charge in [-0.2, -0.15) is 0 Å². The second-order valence-electron chi connectivity index (χ2n) is 6.69. The fraction of sp³-hybridized carbons (Fsp3) is 0.500. The number of benzene rings is 1. The number of amides is 1. The van der Waals surface area contributed by atoms with Crippen LogP contribution in [0.25, 0.3) is 0 Å². The Morgan fingerprint density at radius 1 is 1.29 bits per heavy atom. The van der Waals surface area contributed by atoms with Crippen LogP contribution in [-0.2, 0) is 16.0 Å². The summed E-state index contributed by atoms with van der Waals surface area (Å²) in [6.45, 7) is 0.552. The molecule has 1 N–H and O–H groups in total. The third-order valence-electron chi connectivity index (χ3n) is 5.07. The molecule has 3 rings (SSSR count). The minimum atomic E-state index is -0.250. The lowest BCUT2D eigenvalue weighted by atomic mass is 9.72. The van der Waals surface area contributed by atoms with Crippen LogP contribution in [0.2, 0.25) is 0 Å². The molecule has 0 radical (unpaired) electrons. The third-order valence-corrected chi connectivity index (χ3v) is 5.07. The van der Waals surface area contributed by atoms with Crippen molar-refractivity contribution >= 4 is 12.4 Å². The van der Waals surface area contributed by atoms with Gasteiger partial charge in [0, 0.05) is 19.2 Å². The molecule has 2 aliphatic carbocycles. The second-order valence-corrected chi connectivity index (χ2v) is 6.69. The van der Waals surface area contributed by atoms with E-state index in [0.29, 0.717) is 5.92 Å². The zero-order valence-corrected chi connectivity index (χ0v) is 14.4. The van der Waals surface area contributed by atoms with Crippen molar-refractivity contribution in [3.8, 4) is 0 Å². The van der Waals surface area contributed by atoms with E-state index in [2.05, 4.69) is 30.3 Å². The quantitative estimate of drug-likeness (QED) is 0.860. The molecule has 1 amide bonds. The monoisotopic (exact) mass is 329 g/mol. The Bertz CT molecular complexity index is 568. The first kappa shape index (κ1) is 18.2. The van der Waals surface area contributed by atoms with Crippen LogP contribution >= 0.6 is 0 Å². The van der Waals surface area contributed by atoms with Gasteiger partial charge in [-0.05, 0) is 43.1 Å². The Morgan fingerprint density at radius 3 is 2.71 bits per heavy atom. The molecular weight excluding hydrogens is 302 g/mol. The van der Waals surface area contributed by atoms with Crippen LogP contribution in [0.3, 0.4) is 0 Å². The van der Waals surface area contributed by atoms with Crippen LogP contribution in [0.15, 0.2) is 42.0 Å². The predicted octanol–water partition coefficient (Wildman–Crippen LogP) is 3.52. The first-order valence-electron chi connectivity index (χ1n) is 8.73. The Morgan fingerprint density at radius 2 is 2.00 bits per heavy atom. The van der Waals surface area contributed by atoms with Crippen molar-refractivity contribution in [2.45, 2.75) is 38.5 Å². The molecule has 1 aromatic carbocycles. The summed E-state index contributed by atoms with van der Waals surface area (Å²) in [6.07, 6.45) is 9.39. The summed E-state index contributed by atoms with van der Waals surface area (Å²) in [4.78, 5) is 22.9. The van der Waals surface area contributed by atoms with Gasteiger partial charge in [-0.3, -0.25) is 9.59 Å². The van der Waals surface area contributed by atoms with Gasteiger partial charge in [-0.25, -0.2) is 0 Å². The van der Waals surface area contributed by atoms with Crippen molar-refractivity contribution in [3.05, 3.63) is 47.5 Å². The number of carbonyl (C=O) groups excluding carboxylic acids is 1. The van der Waals surface area contributed by atoms with Gasteiger partial charge in [-0.15, -0.1) is 0 Å². The Hall–Kier alpha value is -2.10. The van der Waals surface area contributed by atoms with Gasteiger partial charge >= 0.3 is 0 Å². The van der Waals surface area contributed by atoms with Gasteiger partial charge < -0.3 is 10.0 Å². The average Bonchev–Trinajstić information content (AvgIpc) is 2.61. The molecule has 2 atom stereocenters. The van der Waals surface area contributed by atoms with E-state index in [0.717, 1.165) is 30.9 Å². The van der Waals surface area contributed by atoms with Crippen molar-refractivity contribution in [2.24, 2.45) is 11.8 Å². The summed E-state index contributed by atoms with van der Waals surface area (Å²) in [5, 5.41) is 6.89. The molecule has 2 bridgehead atoms. The number of hydrogen-bond acceptors (Lipinski definition) is 2. The maximum Gasteiger partial charge on any atom is 0.290 e. The van der Waals surface area contributed by atoms with Gasteiger partial charge in [0.05, 0.1) is 0 Å². The van der Waals surface area contributed by atoms with E-state index in [1.54, 1.807) is 0 Å². The molecule has 4 nitrogen and oxygen atoms in total. The number of likely N-dealkylation sites (N-methyl/N-ethyl adjacent to an activating group) is 1. The van der Waals surface area contributed by atoms with Gasteiger partial charge in [0.25, 0.3) is 6.47 Å². The summed E-state index contributed by atoms with van der Waals surface area (Å²) in [7, 11) is 1.95. The number of allylic oxidation sites excluding steroid dienone is 1. The molecule has 24 heavy (non-hydrogen) atoms. The number of carboxylic acid groups (broad SMARTS) is 1. The number of rotatable bonds is 4. The minimum Gasteiger partial charge on any atom is -0.483 e. The number of nitrogens with zero attached hydrogens (tertiary/aromatic N) is 1. The lowest BCUT2D eigenvalue weighted by Gasteiger charge is -2.35. The SMILES string of the molecule is CN(CCc1ccccc1)C(=O)C1=CCC2CCCC1C2.O=CO. The molecule has 0 spiro atoms. The van der Waals surface area contributed by atoms with Crippen molar-refractivity contribution in [2.75, 3.05) is 13.6 Å². The standard InChI is InChI=1S/C19H25NO.CH2O2/c1-20(13-12-15-6-3-2-4-7-15)19(21)18-11-10-16-8-5-9-17(18)14-16;2-1-3/h2-4,6-7,11,16-17H,5,8-10,12-14H2,1H3;1H,(H,2,3). The fourth-order valence-corrected chi connectivity index (χ4v) is 3.77. The van der Waals surface area contributed by atoms with Crippen molar-refractivity contribution < 1.29 is 14.7 Å². The van der Waals surface area contributed by atoms with Gasteiger partial charge in [0.2, 0.25) is 5.91 Å².